The lowest BCUT2D eigenvalue weighted by Gasteiger charge is -2.24. The standard InChI is InChI=1S/C16H27NOS/c1-3-8-17-11-16-10-15(13(2)19-16)12-18-9-7-14-5-4-6-14/h10,14,17H,3-9,11-12H2,1-2H3. The van der Waals surface area contributed by atoms with Crippen LogP contribution in [0.25, 0.3) is 0 Å². The Morgan fingerprint density at radius 1 is 1.42 bits per heavy atom. The van der Waals surface area contributed by atoms with Gasteiger partial charge >= 0.3 is 0 Å². The summed E-state index contributed by atoms with van der Waals surface area (Å²) in [7, 11) is 0. The molecule has 19 heavy (non-hydrogen) atoms. The molecule has 108 valence electrons. The Hall–Kier alpha value is -0.380. The molecule has 0 atom stereocenters. The van der Waals surface area contributed by atoms with Gasteiger partial charge in [0, 0.05) is 22.9 Å². The fraction of sp³-hybridized carbons (Fsp3) is 0.750. The Bertz CT molecular complexity index is 371. The smallest absolute Gasteiger partial charge is 0.0727 e. The van der Waals surface area contributed by atoms with E-state index >= 15 is 0 Å². The number of thiophene rings is 1. The molecule has 0 saturated heterocycles. The van der Waals surface area contributed by atoms with Crippen molar-refractivity contribution < 1.29 is 4.74 Å². The lowest BCUT2D eigenvalue weighted by molar-refractivity contribution is 0.0949. The highest BCUT2D eigenvalue weighted by Crippen LogP contribution is 2.29. The van der Waals surface area contributed by atoms with Crippen molar-refractivity contribution in [3.8, 4) is 0 Å². The second-order valence-corrected chi connectivity index (χ2v) is 6.95. The van der Waals surface area contributed by atoms with E-state index in [4.69, 9.17) is 4.74 Å². The van der Waals surface area contributed by atoms with Gasteiger partial charge in [-0.25, -0.2) is 0 Å². The molecule has 2 rings (SSSR count). The molecule has 0 aliphatic heterocycles. The minimum atomic E-state index is 0.794. The summed E-state index contributed by atoms with van der Waals surface area (Å²) in [6.45, 7) is 8.24. The average Bonchev–Trinajstić information content (AvgIpc) is 2.68. The lowest BCUT2D eigenvalue weighted by Crippen LogP contribution is -2.13. The first-order valence-corrected chi connectivity index (χ1v) is 8.48. The van der Waals surface area contributed by atoms with Gasteiger partial charge in [0.25, 0.3) is 0 Å². The summed E-state index contributed by atoms with van der Waals surface area (Å²) in [5.41, 5.74) is 1.38. The molecule has 0 bridgehead atoms. The summed E-state index contributed by atoms with van der Waals surface area (Å²) in [5.74, 6) is 0.956. The number of ether oxygens (including phenoxy) is 1. The summed E-state index contributed by atoms with van der Waals surface area (Å²) in [6.07, 6.45) is 6.74. The molecule has 1 aromatic heterocycles. The lowest BCUT2D eigenvalue weighted by atomic mass is 9.83. The van der Waals surface area contributed by atoms with Crippen molar-refractivity contribution in [3.63, 3.8) is 0 Å². The first-order valence-electron chi connectivity index (χ1n) is 7.66. The fourth-order valence-electron chi connectivity index (χ4n) is 2.42. The zero-order valence-electron chi connectivity index (χ0n) is 12.3. The molecule has 0 aromatic carbocycles. The van der Waals surface area contributed by atoms with E-state index in [0.717, 1.165) is 32.2 Å². The van der Waals surface area contributed by atoms with Crippen molar-refractivity contribution in [2.45, 2.75) is 59.1 Å². The second-order valence-electron chi connectivity index (χ2n) is 5.61. The maximum Gasteiger partial charge on any atom is 0.0727 e. The molecule has 1 saturated carbocycles. The van der Waals surface area contributed by atoms with Gasteiger partial charge in [0.2, 0.25) is 0 Å². The first kappa shape index (κ1) is 15.0. The molecule has 1 aliphatic rings. The Morgan fingerprint density at radius 2 is 2.26 bits per heavy atom. The maximum absolute atomic E-state index is 5.83. The Labute approximate surface area is 121 Å². The maximum atomic E-state index is 5.83. The van der Waals surface area contributed by atoms with Gasteiger partial charge in [0.05, 0.1) is 6.61 Å². The van der Waals surface area contributed by atoms with Crippen LogP contribution in [-0.4, -0.2) is 13.2 Å². The van der Waals surface area contributed by atoms with Crippen molar-refractivity contribution in [3.05, 3.63) is 21.4 Å². The molecule has 3 heteroatoms. The largest absolute Gasteiger partial charge is 0.377 e. The third kappa shape index (κ3) is 4.90. The predicted octanol–water partition coefficient (Wildman–Crippen LogP) is 4.26. The average molecular weight is 281 g/mol. The minimum Gasteiger partial charge on any atom is -0.377 e. The van der Waals surface area contributed by atoms with Crippen molar-refractivity contribution >= 4 is 11.3 Å². The predicted molar refractivity (Wildman–Crippen MR) is 82.7 cm³/mol. The first-order chi connectivity index (χ1) is 9.29. The molecular weight excluding hydrogens is 254 g/mol. The molecule has 1 heterocycles. The van der Waals surface area contributed by atoms with Crippen LogP contribution in [0.5, 0.6) is 0 Å². The molecule has 1 aromatic rings. The van der Waals surface area contributed by atoms with Gasteiger partial charge in [-0.2, -0.15) is 0 Å². The number of aryl methyl sites for hydroxylation is 1. The van der Waals surface area contributed by atoms with Gasteiger partial charge < -0.3 is 10.1 Å². The highest BCUT2D eigenvalue weighted by Gasteiger charge is 2.16. The summed E-state index contributed by atoms with van der Waals surface area (Å²) >= 11 is 1.90. The topological polar surface area (TPSA) is 21.3 Å². The summed E-state index contributed by atoms with van der Waals surface area (Å²) in [5, 5.41) is 3.46. The van der Waals surface area contributed by atoms with Crippen LogP contribution in [0, 0.1) is 12.8 Å². The molecule has 0 unspecified atom stereocenters. The molecule has 1 aliphatic carbocycles. The van der Waals surface area contributed by atoms with Crippen LogP contribution in [0.4, 0.5) is 0 Å². The molecule has 1 N–H and O–H groups in total. The van der Waals surface area contributed by atoms with Crippen molar-refractivity contribution in [2.75, 3.05) is 13.2 Å². The van der Waals surface area contributed by atoms with Crippen molar-refractivity contribution in [2.24, 2.45) is 5.92 Å². The van der Waals surface area contributed by atoms with E-state index in [2.05, 4.69) is 25.2 Å². The molecular formula is C16H27NOS. The van der Waals surface area contributed by atoms with E-state index in [1.54, 1.807) is 0 Å². The van der Waals surface area contributed by atoms with Crippen molar-refractivity contribution in [1.82, 2.24) is 5.32 Å². The minimum absolute atomic E-state index is 0.794. The second kappa shape index (κ2) is 8.03. The summed E-state index contributed by atoms with van der Waals surface area (Å²) < 4.78 is 5.83. The van der Waals surface area contributed by atoms with Crippen LogP contribution >= 0.6 is 11.3 Å². The van der Waals surface area contributed by atoms with E-state index in [9.17, 15) is 0 Å². The number of nitrogens with one attached hydrogen (secondary N) is 1. The zero-order chi connectivity index (χ0) is 13.5. The highest BCUT2D eigenvalue weighted by atomic mass is 32.1. The molecule has 2 nitrogen and oxygen atoms in total. The summed E-state index contributed by atoms with van der Waals surface area (Å²) in [6, 6.07) is 2.31. The van der Waals surface area contributed by atoms with Crippen molar-refractivity contribution in [1.29, 1.82) is 0 Å². The van der Waals surface area contributed by atoms with E-state index < -0.39 is 0 Å². The molecule has 0 amide bonds. The van der Waals surface area contributed by atoms with Crippen LogP contribution in [0.1, 0.15) is 54.3 Å². The Kier molecular flexibility index (Phi) is 6.35. The fourth-order valence-corrected chi connectivity index (χ4v) is 3.44. The molecule has 1 fully saturated rings. The van der Waals surface area contributed by atoms with Crippen LogP contribution < -0.4 is 5.32 Å². The third-order valence-corrected chi connectivity index (χ3v) is 5.04. The summed E-state index contributed by atoms with van der Waals surface area (Å²) in [4.78, 5) is 2.85. The molecule has 0 spiro atoms. The highest BCUT2D eigenvalue weighted by molar-refractivity contribution is 7.12. The normalized spacial score (nSPS) is 15.7. The SMILES string of the molecule is CCCNCc1cc(COCCC2CCC2)c(C)s1. The quantitative estimate of drug-likeness (QED) is 0.683. The Morgan fingerprint density at radius 3 is 2.95 bits per heavy atom. The Balaban J connectivity index is 1.66. The van der Waals surface area contributed by atoms with Gasteiger partial charge in [-0.3, -0.25) is 0 Å². The van der Waals surface area contributed by atoms with Crippen LogP contribution in [0.2, 0.25) is 0 Å². The van der Waals surface area contributed by atoms with Crippen LogP contribution in [0.15, 0.2) is 6.07 Å². The zero-order valence-corrected chi connectivity index (χ0v) is 13.2. The number of hydrogen-bond donors (Lipinski definition) is 1. The van der Waals surface area contributed by atoms with E-state index in [1.165, 1.54) is 47.4 Å². The van der Waals surface area contributed by atoms with Gasteiger partial charge in [-0.05, 0) is 43.9 Å². The monoisotopic (exact) mass is 281 g/mol. The molecule has 0 radical (unpaired) electrons. The van der Waals surface area contributed by atoms with E-state index in [0.29, 0.717) is 0 Å². The van der Waals surface area contributed by atoms with Crippen LogP contribution in [0.3, 0.4) is 0 Å². The van der Waals surface area contributed by atoms with E-state index in [1.807, 2.05) is 11.3 Å². The number of hydrogen-bond acceptors (Lipinski definition) is 3. The van der Waals surface area contributed by atoms with Gasteiger partial charge in [0.15, 0.2) is 0 Å². The van der Waals surface area contributed by atoms with Crippen LogP contribution in [-0.2, 0) is 17.9 Å². The van der Waals surface area contributed by atoms with Gasteiger partial charge in [-0.1, -0.05) is 26.2 Å². The third-order valence-electron chi connectivity index (χ3n) is 3.95. The van der Waals surface area contributed by atoms with Gasteiger partial charge in [0.1, 0.15) is 0 Å². The van der Waals surface area contributed by atoms with Gasteiger partial charge in [-0.15, -0.1) is 11.3 Å². The number of rotatable bonds is 9. The van der Waals surface area contributed by atoms with E-state index in [-0.39, 0.29) is 0 Å².